The number of halogens is 1. The summed E-state index contributed by atoms with van der Waals surface area (Å²) in [6, 6.07) is 14.8. The lowest BCUT2D eigenvalue weighted by molar-refractivity contribution is -0.135. The third-order valence-corrected chi connectivity index (χ3v) is 4.66. The second-order valence-corrected chi connectivity index (χ2v) is 6.57. The minimum absolute atomic E-state index is 0.0520. The predicted molar refractivity (Wildman–Crippen MR) is 97.9 cm³/mol. The van der Waals surface area contributed by atoms with Gasteiger partial charge in [0.25, 0.3) is 0 Å². The first-order chi connectivity index (χ1) is 12.6. The molecule has 0 radical (unpaired) electrons. The van der Waals surface area contributed by atoms with Crippen LogP contribution in [0.4, 0.5) is 4.39 Å². The molecule has 2 amide bonds. The largest absolute Gasteiger partial charge is 0.341 e. The van der Waals surface area contributed by atoms with Gasteiger partial charge in [0.1, 0.15) is 11.9 Å². The zero-order valence-corrected chi connectivity index (χ0v) is 14.7. The summed E-state index contributed by atoms with van der Waals surface area (Å²) in [5, 5.41) is 2.89. The Kier molecular flexibility index (Phi) is 6.00. The minimum atomic E-state index is -0.657. The smallest absolute Gasteiger partial charge is 0.249 e. The Morgan fingerprint density at radius 1 is 1.00 bits per heavy atom. The summed E-state index contributed by atoms with van der Waals surface area (Å²) in [6.07, 6.45) is 2.77. The van der Waals surface area contributed by atoms with Crippen molar-refractivity contribution in [3.63, 3.8) is 0 Å². The van der Waals surface area contributed by atoms with Gasteiger partial charge in [-0.2, -0.15) is 0 Å². The maximum absolute atomic E-state index is 13.0. The SMILES string of the molecule is O=C(CCc1ccc(F)cc1)NC(C(=O)N1CCCC1)c1ccccc1. The van der Waals surface area contributed by atoms with E-state index in [4.69, 9.17) is 0 Å². The van der Waals surface area contributed by atoms with E-state index in [-0.39, 0.29) is 24.1 Å². The molecule has 0 saturated carbocycles. The van der Waals surface area contributed by atoms with E-state index in [0.717, 1.165) is 37.1 Å². The molecule has 5 heteroatoms. The van der Waals surface area contributed by atoms with E-state index in [1.807, 2.05) is 35.2 Å². The second-order valence-electron chi connectivity index (χ2n) is 6.57. The first-order valence-electron chi connectivity index (χ1n) is 9.01. The average Bonchev–Trinajstić information content (AvgIpc) is 3.21. The molecule has 0 spiro atoms. The molecule has 1 unspecified atom stereocenters. The number of nitrogens with one attached hydrogen (secondary N) is 1. The Bertz CT molecular complexity index is 740. The molecule has 1 saturated heterocycles. The third kappa shape index (κ3) is 4.69. The van der Waals surface area contributed by atoms with Gasteiger partial charge in [0.15, 0.2) is 0 Å². The summed E-state index contributed by atoms with van der Waals surface area (Å²) < 4.78 is 13.0. The number of rotatable bonds is 6. The average molecular weight is 354 g/mol. The monoisotopic (exact) mass is 354 g/mol. The zero-order valence-electron chi connectivity index (χ0n) is 14.7. The summed E-state index contributed by atoms with van der Waals surface area (Å²) >= 11 is 0. The molecule has 1 atom stereocenters. The lowest BCUT2D eigenvalue weighted by Gasteiger charge is -2.24. The molecule has 1 N–H and O–H groups in total. The van der Waals surface area contributed by atoms with Crippen LogP contribution in [0.3, 0.4) is 0 Å². The van der Waals surface area contributed by atoms with Gasteiger partial charge in [-0.1, -0.05) is 42.5 Å². The number of carbonyl (C=O) groups is 2. The van der Waals surface area contributed by atoms with Crippen LogP contribution in [0, 0.1) is 5.82 Å². The summed E-state index contributed by atoms with van der Waals surface area (Å²) in [5.74, 6) is -0.530. The van der Waals surface area contributed by atoms with Crippen LogP contribution in [0.5, 0.6) is 0 Å². The molecule has 1 fully saturated rings. The van der Waals surface area contributed by atoms with E-state index >= 15 is 0 Å². The van der Waals surface area contributed by atoms with Crippen molar-refractivity contribution in [2.75, 3.05) is 13.1 Å². The predicted octanol–water partition coefficient (Wildman–Crippen LogP) is 3.24. The van der Waals surface area contributed by atoms with E-state index in [9.17, 15) is 14.0 Å². The molecule has 0 aliphatic carbocycles. The van der Waals surface area contributed by atoms with Crippen LogP contribution < -0.4 is 5.32 Å². The standard InChI is InChI=1S/C21H23FN2O2/c22-18-11-8-16(9-12-18)10-13-19(25)23-20(17-6-2-1-3-7-17)21(26)24-14-4-5-15-24/h1-3,6-9,11-12,20H,4-5,10,13-15H2,(H,23,25). The molecule has 3 rings (SSSR count). The van der Waals surface area contributed by atoms with E-state index in [2.05, 4.69) is 5.32 Å². The topological polar surface area (TPSA) is 49.4 Å². The molecule has 1 aliphatic heterocycles. The molecule has 26 heavy (non-hydrogen) atoms. The minimum Gasteiger partial charge on any atom is -0.341 e. The first-order valence-corrected chi connectivity index (χ1v) is 9.01. The summed E-state index contributed by atoms with van der Waals surface area (Å²) in [6.45, 7) is 1.49. The quantitative estimate of drug-likeness (QED) is 0.866. The summed E-state index contributed by atoms with van der Waals surface area (Å²) in [5.41, 5.74) is 1.68. The number of amides is 2. The van der Waals surface area contributed by atoms with Gasteiger partial charge in [0.05, 0.1) is 0 Å². The van der Waals surface area contributed by atoms with Crippen molar-refractivity contribution in [2.24, 2.45) is 0 Å². The van der Waals surface area contributed by atoms with E-state index < -0.39 is 6.04 Å². The number of likely N-dealkylation sites (tertiary alicyclic amines) is 1. The number of aryl methyl sites for hydroxylation is 1. The summed E-state index contributed by atoms with van der Waals surface area (Å²) in [7, 11) is 0. The van der Waals surface area contributed by atoms with Gasteiger partial charge in [-0.05, 0) is 42.5 Å². The van der Waals surface area contributed by atoms with Gasteiger partial charge in [0.2, 0.25) is 11.8 Å². The van der Waals surface area contributed by atoms with Crippen LogP contribution in [0.2, 0.25) is 0 Å². The van der Waals surface area contributed by atoms with Gasteiger partial charge in [0, 0.05) is 19.5 Å². The van der Waals surface area contributed by atoms with Crippen molar-refractivity contribution in [2.45, 2.75) is 31.7 Å². The van der Waals surface area contributed by atoms with Gasteiger partial charge < -0.3 is 10.2 Å². The van der Waals surface area contributed by atoms with Crippen molar-refractivity contribution in [3.05, 3.63) is 71.5 Å². The van der Waals surface area contributed by atoms with E-state index in [0.29, 0.717) is 6.42 Å². The van der Waals surface area contributed by atoms with Gasteiger partial charge in [-0.25, -0.2) is 4.39 Å². The number of hydrogen-bond donors (Lipinski definition) is 1. The maximum atomic E-state index is 13.0. The zero-order chi connectivity index (χ0) is 18.4. The first kappa shape index (κ1) is 18.1. The molecule has 0 aromatic heterocycles. The van der Waals surface area contributed by atoms with Crippen molar-refractivity contribution in [1.82, 2.24) is 10.2 Å². The highest BCUT2D eigenvalue weighted by Gasteiger charge is 2.28. The Morgan fingerprint density at radius 3 is 2.31 bits per heavy atom. The molecule has 136 valence electrons. The fourth-order valence-electron chi connectivity index (χ4n) is 3.20. The van der Waals surface area contributed by atoms with Crippen LogP contribution in [0.25, 0.3) is 0 Å². The maximum Gasteiger partial charge on any atom is 0.249 e. The lowest BCUT2D eigenvalue weighted by atomic mass is 10.0. The fraction of sp³-hybridized carbons (Fsp3) is 0.333. The van der Waals surface area contributed by atoms with Crippen molar-refractivity contribution < 1.29 is 14.0 Å². The third-order valence-electron chi connectivity index (χ3n) is 4.66. The van der Waals surface area contributed by atoms with Gasteiger partial charge >= 0.3 is 0 Å². The van der Waals surface area contributed by atoms with Crippen molar-refractivity contribution in [3.8, 4) is 0 Å². The molecular formula is C21H23FN2O2. The highest BCUT2D eigenvalue weighted by atomic mass is 19.1. The fourth-order valence-corrected chi connectivity index (χ4v) is 3.20. The van der Waals surface area contributed by atoms with Gasteiger partial charge in [-0.15, -0.1) is 0 Å². The highest BCUT2D eigenvalue weighted by Crippen LogP contribution is 2.19. The van der Waals surface area contributed by atoms with Crippen LogP contribution >= 0.6 is 0 Å². The number of hydrogen-bond acceptors (Lipinski definition) is 2. The van der Waals surface area contributed by atoms with E-state index in [1.165, 1.54) is 12.1 Å². The molecule has 1 aliphatic rings. The molecule has 2 aromatic carbocycles. The number of benzene rings is 2. The Labute approximate surface area is 153 Å². The van der Waals surface area contributed by atoms with Crippen molar-refractivity contribution in [1.29, 1.82) is 0 Å². The van der Waals surface area contributed by atoms with Crippen LogP contribution in [0.15, 0.2) is 54.6 Å². The van der Waals surface area contributed by atoms with E-state index in [1.54, 1.807) is 12.1 Å². The number of carbonyl (C=O) groups excluding carboxylic acids is 2. The Balaban J connectivity index is 1.65. The molecule has 0 bridgehead atoms. The molecular weight excluding hydrogens is 331 g/mol. The van der Waals surface area contributed by atoms with Crippen molar-refractivity contribution >= 4 is 11.8 Å². The second kappa shape index (κ2) is 8.61. The Morgan fingerprint density at radius 2 is 1.65 bits per heavy atom. The van der Waals surface area contributed by atoms with Crippen LogP contribution in [-0.2, 0) is 16.0 Å². The summed E-state index contributed by atoms with van der Waals surface area (Å²) in [4.78, 5) is 27.1. The lowest BCUT2D eigenvalue weighted by Crippen LogP contribution is -2.41. The highest BCUT2D eigenvalue weighted by molar-refractivity contribution is 5.88. The normalized spacial score (nSPS) is 14.9. The van der Waals surface area contributed by atoms with Crippen LogP contribution in [-0.4, -0.2) is 29.8 Å². The van der Waals surface area contributed by atoms with Gasteiger partial charge in [-0.3, -0.25) is 9.59 Å². The molecule has 4 nitrogen and oxygen atoms in total. The number of nitrogens with zero attached hydrogens (tertiary/aromatic N) is 1. The van der Waals surface area contributed by atoms with Crippen LogP contribution in [0.1, 0.15) is 36.4 Å². The Hall–Kier alpha value is -2.69. The molecule has 2 aromatic rings. The molecule has 1 heterocycles.